The van der Waals surface area contributed by atoms with Gasteiger partial charge >= 0.3 is 11.7 Å². The normalized spacial score (nSPS) is 12.2. The molecule has 0 aliphatic rings. The number of anilines is 1. The van der Waals surface area contributed by atoms with Crippen molar-refractivity contribution in [3.63, 3.8) is 0 Å². The SMILES string of the molecule is N#Cc1nn(-c2c(Cl)cc(C(F)(F)F)cc2Cl)c(N)c1-c1ccoc1SC(F)(F)F. The van der Waals surface area contributed by atoms with Gasteiger partial charge in [0.2, 0.25) is 0 Å². The predicted molar refractivity (Wildman–Crippen MR) is 97.3 cm³/mol. The fourth-order valence-corrected chi connectivity index (χ4v) is 3.78. The van der Waals surface area contributed by atoms with Gasteiger partial charge in [-0.1, -0.05) is 23.2 Å². The molecule has 0 bridgehead atoms. The van der Waals surface area contributed by atoms with E-state index in [2.05, 4.69) is 5.10 Å². The number of hydrogen-bond donors (Lipinski definition) is 1. The molecule has 0 amide bonds. The molecular weight excluding hydrogens is 481 g/mol. The van der Waals surface area contributed by atoms with Crippen LogP contribution in [0.5, 0.6) is 0 Å². The zero-order valence-corrected chi connectivity index (χ0v) is 16.4. The number of nitrogens with zero attached hydrogens (tertiary/aromatic N) is 3. The summed E-state index contributed by atoms with van der Waals surface area (Å²) in [6.07, 6.45) is -3.77. The Hall–Kier alpha value is -2.49. The topological polar surface area (TPSA) is 80.8 Å². The van der Waals surface area contributed by atoms with Crippen LogP contribution in [0.25, 0.3) is 16.8 Å². The van der Waals surface area contributed by atoms with Crippen LogP contribution >= 0.6 is 35.0 Å². The molecule has 2 heterocycles. The van der Waals surface area contributed by atoms with E-state index in [1.165, 1.54) is 0 Å². The third kappa shape index (κ3) is 4.19. The van der Waals surface area contributed by atoms with Crippen LogP contribution in [-0.2, 0) is 6.18 Å². The highest BCUT2D eigenvalue weighted by Gasteiger charge is 2.35. The lowest BCUT2D eigenvalue weighted by Crippen LogP contribution is -2.08. The van der Waals surface area contributed by atoms with Crippen molar-refractivity contribution in [2.24, 2.45) is 0 Å². The minimum absolute atomic E-state index is 0.184. The summed E-state index contributed by atoms with van der Waals surface area (Å²) < 4.78 is 82.7. The van der Waals surface area contributed by atoms with E-state index in [9.17, 15) is 31.6 Å². The van der Waals surface area contributed by atoms with Crippen molar-refractivity contribution >= 4 is 40.8 Å². The first-order valence-electron chi connectivity index (χ1n) is 7.52. The summed E-state index contributed by atoms with van der Waals surface area (Å²) in [6, 6.07) is 3.97. The molecule has 2 aromatic heterocycles. The average molecular weight is 487 g/mol. The summed E-state index contributed by atoms with van der Waals surface area (Å²) >= 11 is 11.3. The minimum Gasteiger partial charge on any atom is -0.457 e. The second-order valence-corrected chi connectivity index (χ2v) is 7.44. The van der Waals surface area contributed by atoms with Crippen LogP contribution in [0.4, 0.5) is 32.2 Å². The molecule has 0 fully saturated rings. The number of benzene rings is 1. The lowest BCUT2D eigenvalue weighted by Gasteiger charge is -2.13. The maximum Gasteiger partial charge on any atom is 0.449 e. The van der Waals surface area contributed by atoms with Crippen molar-refractivity contribution in [1.82, 2.24) is 9.78 Å². The Morgan fingerprint density at radius 1 is 1.13 bits per heavy atom. The van der Waals surface area contributed by atoms with E-state index >= 15 is 0 Å². The van der Waals surface area contributed by atoms with Crippen molar-refractivity contribution in [3.05, 3.63) is 45.8 Å². The Labute approximate surface area is 177 Å². The Balaban J connectivity index is 2.21. The molecule has 0 saturated heterocycles. The first-order valence-corrected chi connectivity index (χ1v) is 9.09. The van der Waals surface area contributed by atoms with E-state index in [0.717, 1.165) is 17.0 Å². The molecule has 5 nitrogen and oxygen atoms in total. The van der Waals surface area contributed by atoms with Crippen LogP contribution in [0.1, 0.15) is 11.3 Å². The molecule has 158 valence electrons. The lowest BCUT2D eigenvalue weighted by atomic mass is 10.1. The minimum atomic E-state index is -4.73. The smallest absolute Gasteiger partial charge is 0.449 e. The van der Waals surface area contributed by atoms with Gasteiger partial charge in [-0.25, -0.2) is 4.68 Å². The van der Waals surface area contributed by atoms with Gasteiger partial charge in [-0.2, -0.15) is 36.7 Å². The van der Waals surface area contributed by atoms with Gasteiger partial charge < -0.3 is 10.2 Å². The predicted octanol–water partition coefficient (Wildman–Crippen LogP) is 6.52. The number of furan rings is 1. The third-order valence-electron chi connectivity index (χ3n) is 3.69. The molecule has 30 heavy (non-hydrogen) atoms. The van der Waals surface area contributed by atoms with Gasteiger partial charge in [-0.05, 0) is 18.2 Å². The summed E-state index contributed by atoms with van der Waals surface area (Å²) in [5, 5.41) is 11.6. The van der Waals surface area contributed by atoms with E-state index in [0.29, 0.717) is 12.1 Å². The number of halogens is 8. The van der Waals surface area contributed by atoms with Crippen molar-refractivity contribution in [3.8, 4) is 22.9 Å². The number of nitrogen functional groups attached to an aromatic ring is 1. The maximum absolute atomic E-state index is 12.9. The average Bonchev–Trinajstić information content (AvgIpc) is 3.16. The number of thioether (sulfide) groups is 1. The monoisotopic (exact) mass is 486 g/mol. The fraction of sp³-hybridized carbons (Fsp3) is 0.125. The first-order chi connectivity index (χ1) is 13.8. The molecule has 3 rings (SSSR count). The number of nitriles is 1. The van der Waals surface area contributed by atoms with Gasteiger partial charge in [-0.3, -0.25) is 0 Å². The molecule has 0 saturated carbocycles. The molecule has 0 spiro atoms. The van der Waals surface area contributed by atoms with Crippen LogP contribution in [-0.4, -0.2) is 15.3 Å². The molecular formula is C16H6Cl2F6N4OS. The van der Waals surface area contributed by atoms with Gasteiger partial charge in [0.15, 0.2) is 10.8 Å². The van der Waals surface area contributed by atoms with Gasteiger partial charge in [0.25, 0.3) is 0 Å². The molecule has 0 radical (unpaired) electrons. The zero-order valence-electron chi connectivity index (χ0n) is 14.1. The second-order valence-electron chi connectivity index (χ2n) is 5.59. The Kier molecular flexibility index (Phi) is 5.66. The van der Waals surface area contributed by atoms with Gasteiger partial charge in [0.05, 0.1) is 27.4 Å². The molecule has 2 N–H and O–H groups in total. The molecule has 0 aliphatic carbocycles. The summed E-state index contributed by atoms with van der Waals surface area (Å²) in [5.74, 6) is -0.375. The van der Waals surface area contributed by atoms with Gasteiger partial charge in [0.1, 0.15) is 17.6 Å². The van der Waals surface area contributed by atoms with E-state index in [1.807, 2.05) is 0 Å². The van der Waals surface area contributed by atoms with E-state index in [4.69, 9.17) is 33.4 Å². The first kappa shape index (κ1) is 22.2. The molecule has 14 heteroatoms. The number of aromatic nitrogens is 2. The standard InChI is InChI=1S/C16H6Cl2F6N4OS/c17-8-3-6(15(19,20)21)4-9(18)12(8)28-13(26)11(10(5-25)27-28)7-1-2-29-14(7)30-16(22,23)24/h1-4H,26H2. The van der Waals surface area contributed by atoms with Crippen molar-refractivity contribution in [2.75, 3.05) is 5.73 Å². The van der Waals surface area contributed by atoms with E-state index in [1.54, 1.807) is 6.07 Å². The summed E-state index contributed by atoms with van der Waals surface area (Å²) in [5.41, 5.74) is -0.939. The van der Waals surface area contributed by atoms with Crippen LogP contribution in [0.3, 0.4) is 0 Å². The lowest BCUT2D eigenvalue weighted by molar-refractivity contribution is -0.137. The zero-order chi connectivity index (χ0) is 22.4. The van der Waals surface area contributed by atoms with E-state index < -0.39 is 49.8 Å². The highest BCUT2D eigenvalue weighted by Crippen LogP contribution is 2.46. The van der Waals surface area contributed by atoms with Crippen molar-refractivity contribution in [2.45, 2.75) is 16.8 Å². The quantitative estimate of drug-likeness (QED) is 0.336. The van der Waals surface area contributed by atoms with Crippen LogP contribution in [0, 0.1) is 11.3 Å². The molecule has 1 aromatic carbocycles. The number of rotatable bonds is 3. The van der Waals surface area contributed by atoms with Gasteiger partial charge in [0, 0.05) is 17.3 Å². The largest absolute Gasteiger partial charge is 0.457 e. The highest BCUT2D eigenvalue weighted by atomic mass is 35.5. The van der Waals surface area contributed by atoms with Crippen LogP contribution < -0.4 is 5.73 Å². The summed E-state index contributed by atoms with van der Waals surface area (Å²) in [7, 11) is 0. The third-order valence-corrected chi connectivity index (χ3v) is 5.00. The number of alkyl halides is 6. The molecule has 0 atom stereocenters. The summed E-state index contributed by atoms with van der Waals surface area (Å²) in [4.78, 5) is 0. The summed E-state index contributed by atoms with van der Waals surface area (Å²) in [6.45, 7) is 0. The van der Waals surface area contributed by atoms with Gasteiger partial charge in [-0.15, -0.1) is 0 Å². The highest BCUT2D eigenvalue weighted by molar-refractivity contribution is 8.00. The Bertz CT molecular complexity index is 1140. The van der Waals surface area contributed by atoms with Crippen LogP contribution in [0.15, 0.2) is 34.0 Å². The number of hydrogen-bond acceptors (Lipinski definition) is 5. The molecule has 0 unspecified atom stereocenters. The molecule has 0 aliphatic heterocycles. The molecule has 3 aromatic rings. The van der Waals surface area contributed by atoms with Crippen molar-refractivity contribution < 1.29 is 30.8 Å². The number of nitrogens with two attached hydrogens (primary N) is 1. The fourth-order valence-electron chi connectivity index (χ4n) is 2.54. The Morgan fingerprint density at radius 3 is 2.23 bits per heavy atom. The maximum atomic E-state index is 12.9. The Morgan fingerprint density at radius 2 is 1.73 bits per heavy atom. The van der Waals surface area contributed by atoms with E-state index in [-0.39, 0.29) is 22.6 Å². The van der Waals surface area contributed by atoms with Crippen molar-refractivity contribution in [1.29, 1.82) is 5.26 Å². The second kappa shape index (κ2) is 7.64. The van der Waals surface area contributed by atoms with Crippen LogP contribution in [0.2, 0.25) is 10.0 Å².